The van der Waals surface area contributed by atoms with Crippen LogP contribution in [0.25, 0.3) is 88.7 Å². The predicted octanol–water partition coefficient (Wildman–Crippen LogP) is 40.1. The second kappa shape index (κ2) is 47.5. The van der Waals surface area contributed by atoms with Gasteiger partial charge >= 0.3 is 0 Å². The molecule has 0 aromatic heterocycles. The van der Waals surface area contributed by atoms with E-state index in [9.17, 15) is 0 Å². The first kappa shape index (κ1) is 96.2. The zero-order valence-electron chi connectivity index (χ0n) is 83.0. The molecule has 0 saturated heterocycles. The molecule has 704 valence electrons. The molecule has 0 N–H and O–H groups in total. The number of hydrogen-bond acceptors (Lipinski definition) is 5. The summed E-state index contributed by atoms with van der Waals surface area (Å²) in [5, 5.41) is 2.50. The average molecular weight is 1880 g/mol. The summed E-state index contributed by atoms with van der Waals surface area (Å²) in [4.78, 5) is 11.5. The SMILES string of the molecule is Cc1ccc(-c2ccc(N(c3ccccc3)c3ccccc3)cc2)cc1.Cc1ccc(N(c2cccc(-c3ccccc3)c2)c2cccc(-c3ccccc3)c2)cc1.Cc1ccc(N(c2ccccc2)c2cccc(-c3ccccc3)c2)cc1.Cc1ccc2cc(N(c3ccc(-c4ccccc4)cc3)c3ccc(-c4ccccc4)cc3)ccc2c1.Cc1cccc(-c2ccc(N(c3ccccc3)c3ccccc3)cc2)c1. The lowest BCUT2D eigenvalue weighted by Gasteiger charge is -2.26. The second-order valence-electron chi connectivity index (χ2n) is 36.5. The number of benzene rings is 23. The molecule has 5 nitrogen and oxygen atoms in total. The van der Waals surface area contributed by atoms with Crippen LogP contribution in [0.3, 0.4) is 0 Å². The van der Waals surface area contributed by atoms with Crippen LogP contribution in [0, 0.1) is 34.6 Å². The van der Waals surface area contributed by atoms with Crippen LogP contribution in [-0.4, -0.2) is 0 Å². The molecule has 0 atom stereocenters. The molecular weight excluding hydrogens is 1760 g/mol. The maximum Gasteiger partial charge on any atom is 0.0468 e. The highest BCUT2D eigenvalue weighted by Crippen LogP contribution is 2.45. The van der Waals surface area contributed by atoms with Crippen molar-refractivity contribution in [2.24, 2.45) is 0 Å². The Morgan fingerprint density at radius 2 is 0.240 bits per heavy atom. The fraction of sp³-hybridized carbons (Fsp3) is 0.0355. The lowest BCUT2D eigenvalue weighted by Crippen LogP contribution is -2.10. The molecular formula is C141H115N5. The van der Waals surface area contributed by atoms with E-state index in [4.69, 9.17) is 0 Å². The first-order valence-corrected chi connectivity index (χ1v) is 50.0. The van der Waals surface area contributed by atoms with Crippen molar-refractivity contribution >= 4 is 96.1 Å². The molecule has 0 radical (unpaired) electrons. The highest BCUT2D eigenvalue weighted by molar-refractivity contribution is 5.92. The first-order valence-electron chi connectivity index (χ1n) is 50.0. The summed E-state index contributed by atoms with van der Waals surface area (Å²) >= 11 is 0. The minimum atomic E-state index is 1.13. The molecule has 0 aliphatic carbocycles. The van der Waals surface area contributed by atoms with Gasteiger partial charge < -0.3 is 24.5 Å². The van der Waals surface area contributed by atoms with Crippen LogP contribution in [0.15, 0.2) is 607 Å². The van der Waals surface area contributed by atoms with Crippen molar-refractivity contribution in [3.63, 3.8) is 0 Å². The van der Waals surface area contributed by atoms with Crippen molar-refractivity contribution in [3.05, 3.63) is 634 Å². The summed E-state index contributed by atoms with van der Waals surface area (Å²) in [5.74, 6) is 0. The molecule has 0 fully saturated rings. The Balaban J connectivity index is 0.000000116. The zero-order chi connectivity index (χ0) is 99.4. The number of rotatable bonds is 22. The Bertz CT molecular complexity index is 7790. The molecule has 0 heterocycles. The lowest BCUT2D eigenvalue weighted by atomic mass is 10.0. The molecule has 146 heavy (non-hydrogen) atoms. The Morgan fingerprint density at radius 3 is 0.521 bits per heavy atom. The Labute approximate surface area is 861 Å². The van der Waals surface area contributed by atoms with Crippen molar-refractivity contribution in [2.45, 2.75) is 34.6 Å². The molecule has 0 aliphatic rings. The topological polar surface area (TPSA) is 16.2 Å². The van der Waals surface area contributed by atoms with Crippen molar-refractivity contribution in [1.29, 1.82) is 0 Å². The van der Waals surface area contributed by atoms with Crippen LogP contribution >= 0.6 is 0 Å². The summed E-state index contributed by atoms with van der Waals surface area (Å²) in [6.45, 7) is 10.6. The van der Waals surface area contributed by atoms with E-state index in [1.807, 2.05) is 24.3 Å². The van der Waals surface area contributed by atoms with Gasteiger partial charge in [0.25, 0.3) is 0 Å². The highest BCUT2D eigenvalue weighted by Gasteiger charge is 2.21. The van der Waals surface area contributed by atoms with Crippen molar-refractivity contribution in [1.82, 2.24) is 0 Å². The summed E-state index contributed by atoms with van der Waals surface area (Å²) in [6, 6.07) is 215. The van der Waals surface area contributed by atoms with E-state index >= 15 is 0 Å². The van der Waals surface area contributed by atoms with E-state index in [0.29, 0.717) is 0 Å². The van der Waals surface area contributed by atoms with Gasteiger partial charge in [-0.3, -0.25) is 0 Å². The van der Waals surface area contributed by atoms with Gasteiger partial charge in [0, 0.05) is 85.3 Å². The molecule has 23 aromatic rings. The third-order valence-corrected chi connectivity index (χ3v) is 26.0. The van der Waals surface area contributed by atoms with E-state index in [1.54, 1.807) is 0 Å². The number of para-hydroxylation sites is 5. The largest absolute Gasteiger partial charge is 0.311 e. The Kier molecular flexibility index (Phi) is 31.3. The predicted molar refractivity (Wildman–Crippen MR) is 625 cm³/mol. The van der Waals surface area contributed by atoms with Gasteiger partial charge in [-0.1, -0.05) is 452 Å². The number of hydrogen-bond donors (Lipinski definition) is 0. The fourth-order valence-corrected chi connectivity index (χ4v) is 18.4. The van der Waals surface area contributed by atoms with Crippen LogP contribution in [-0.2, 0) is 0 Å². The van der Waals surface area contributed by atoms with Gasteiger partial charge in [-0.15, -0.1) is 0 Å². The van der Waals surface area contributed by atoms with Gasteiger partial charge in [-0.2, -0.15) is 0 Å². The van der Waals surface area contributed by atoms with E-state index in [1.165, 1.54) is 116 Å². The molecule has 0 aliphatic heterocycles. The van der Waals surface area contributed by atoms with Gasteiger partial charge in [-0.05, 0) is 305 Å². The van der Waals surface area contributed by atoms with E-state index < -0.39 is 0 Å². The summed E-state index contributed by atoms with van der Waals surface area (Å²) in [7, 11) is 0. The van der Waals surface area contributed by atoms with Crippen LogP contribution < -0.4 is 24.5 Å². The van der Waals surface area contributed by atoms with Crippen LogP contribution in [0.5, 0.6) is 0 Å². The maximum atomic E-state index is 2.34. The summed E-state index contributed by atoms with van der Waals surface area (Å²) < 4.78 is 0. The quantitative estimate of drug-likeness (QED) is 0.0670. The number of fused-ring (bicyclic) bond motifs is 1. The minimum Gasteiger partial charge on any atom is -0.311 e. The smallest absolute Gasteiger partial charge is 0.0468 e. The minimum absolute atomic E-state index is 1.13. The van der Waals surface area contributed by atoms with Crippen molar-refractivity contribution in [2.75, 3.05) is 24.5 Å². The summed E-state index contributed by atoms with van der Waals surface area (Å²) in [6.07, 6.45) is 0. The molecule has 5 heteroatoms. The van der Waals surface area contributed by atoms with E-state index in [0.717, 1.165) is 85.3 Å². The molecule has 0 saturated carbocycles. The lowest BCUT2D eigenvalue weighted by molar-refractivity contribution is 1.27. The standard InChI is InChI=1S/C35H27N.C31H25N.3C25H21N/c1-26-12-13-32-25-35(23-18-31(32)24-26)36(33-19-14-29(15-20-33)27-8-4-2-5-9-27)34-21-16-30(17-22-34)28-10-6-3-7-11-28;1-24-18-20-29(21-19-24)32(30-16-8-14-27(22-30)25-10-4-2-5-11-25)31-17-9-15-28(23-31)26-12-6-3-7-13-26;1-20-9-8-10-22(19-20)21-15-17-25(18-16-21)26(23-11-4-2-5-12-23)24-13-6-3-7-14-24;1-20-15-17-24(18-16-20)26(23-12-6-3-7-13-23)25-14-8-11-22(19-25)21-9-4-2-5-10-21;1-20-12-14-21(15-13-20)22-16-18-25(19-17-22)26(23-8-4-2-5-9-23)24-10-6-3-7-11-24/h2-25H,1H3;2-23H,1H3;3*2-19H,1H3. The van der Waals surface area contributed by atoms with Gasteiger partial charge in [0.1, 0.15) is 0 Å². The van der Waals surface area contributed by atoms with Crippen LogP contribution in [0.2, 0.25) is 0 Å². The number of anilines is 15. The fourth-order valence-electron chi connectivity index (χ4n) is 18.4. The molecule has 0 spiro atoms. The average Bonchev–Trinajstić information content (AvgIpc) is 0.762. The van der Waals surface area contributed by atoms with Gasteiger partial charge in [0.2, 0.25) is 0 Å². The number of nitrogens with zero attached hydrogens (tertiary/aromatic N) is 5. The van der Waals surface area contributed by atoms with Gasteiger partial charge in [-0.25, -0.2) is 0 Å². The molecule has 0 unspecified atom stereocenters. The highest BCUT2D eigenvalue weighted by atomic mass is 15.2. The molecule has 0 amide bonds. The third-order valence-electron chi connectivity index (χ3n) is 26.0. The Hall–Kier alpha value is -18.7. The van der Waals surface area contributed by atoms with Crippen molar-refractivity contribution in [3.8, 4) is 77.9 Å². The van der Waals surface area contributed by atoms with Gasteiger partial charge in [0.05, 0.1) is 0 Å². The normalized spacial score (nSPS) is 10.6. The monoisotopic (exact) mass is 1880 g/mol. The maximum absolute atomic E-state index is 2.34. The molecule has 0 bridgehead atoms. The van der Waals surface area contributed by atoms with Gasteiger partial charge in [0.15, 0.2) is 0 Å². The summed E-state index contributed by atoms with van der Waals surface area (Å²) in [5.41, 5.74) is 40.7. The van der Waals surface area contributed by atoms with E-state index in [-0.39, 0.29) is 0 Å². The second-order valence-corrected chi connectivity index (χ2v) is 36.5. The third kappa shape index (κ3) is 24.5. The molecule has 23 rings (SSSR count). The Morgan fingerprint density at radius 1 is 0.0890 bits per heavy atom. The van der Waals surface area contributed by atoms with Crippen LogP contribution in [0.1, 0.15) is 27.8 Å². The van der Waals surface area contributed by atoms with Crippen molar-refractivity contribution < 1.29 is 0 Å². The number of aryl methyl sites for hydroxylation is 5. The zero-order valence-corrected chi connectivity index (χ0v) is 83.0. The van der Waals surface area contributed by atoms with E-state index in [2.05, 4.69) is 641 Å². The molecule has 23 aromatic carbocycles. The first-order chi connectivity index (χ1) is 71.9. The van der Waals surface area contributed by atoms with Crippen LogP contribution in [0.4, 0.5) is 85.3 Å².